The number of aryl methyl sites for hydroxylation is 1. The van der Waals surface area contributed by atoms with Gasteiger partial charge >= 0.3 is 0 Å². The molecule has 0 heterocycles. The summed E-state index contributed by atoms with van der Waals surface area (Å²) in [6, 6.07) is 8.64. The lowest BCUT2D eigenvalue weighted by atomic mass is 10.0. The third-order valence-electron chi connectivity index (χ3n) is 2.66. The van der Waals surface area contributed by atoms with Crippen LogP contribution in [0.1, 0.15) is 43.7 Å². The fourth-order valence-electron chi connectivity index (χ4n) is 1.81. The van der Waals surface area contributed by atoms with Crippen LogP contribution in [0.3, 0.4) is 0 Å². The second-order valence-corrected chi connectivity index (χ2v) is 4.90. The van der Waals surface area contributed by atoms with Crippen LogP contribution in [0.25, 0.3) is 0 Å². The minimum Gasteiger partial charge on any atom is -0.123 e. The zero-order chi connectivity index (χ0) is 11.1. The van der Waals surface area contributed by atoms with Crippen LogP contribution >= 0.6 is 11.6 Å². The Morgan fingerprint density at radius 1 is 1.27 bits per heavy atom. The van der Waals surface area contributed by atoms with Gasteiger partial charge in [0.15, 0.2) is 0 Å². The van der Waals surface area contributed by atoms with Crippen LogP contribution in [0.5, 0.6) is 0 Å². The molecule has 1 aromatic rings. The first kappa shape index (κ1) is 12.6. The fourth-order valence-corrected chi connectivity index (χ4v) is 2.15. The van der Waals surface area contributed by atoms with Crippen molar-refractivity contribution in [1.82, 2.24) is 0 Å². The Labute approximate surface area is 98.7 Å². The first-order chi connectivity index (χ1) is 7.22. The highest BCUT2D eigenvalue weighted by Gasteiger charge is 2.05. The van der Waals surface area contributed by atoms with Crippen LogP contribution in [0, 0.1) is 6.92 Å². The van der Waals surface area contributed by atoms with Gasteiger partial charge in [0.25, 0.3) is 0 Å². The largest absolute Gasteiger partial charge is 0.123 e. The van der Waals surface area contributed by atoms with Gasteiger partial charge in [-0.3, -0.25) is 0 Å². The molecular formula is C14H21Cl. The van der Waals surface area contributed by atoms with E-state index in [1.165, 1.54) is 30.4 Å². The van der Waals surface area contributed by atoms with Crippen molar-refractivity contribution in [2.24, 2.45) is 0 Å². The quantitative estimate of drug-likeness (QED) is 0.484. The second kappa shape index (κ2) is 6.90. The van der Waals surface area contributed by atoms with Gasteiger partial charge in [-0.1, -0.05) is 56.0 Å². The highest BCUT2D eigenvalue weighted by molar-refractivity contribution is 6.20. The normalized spacial score (nSPS) is 12.7. The lowest BCUT2D eigenvalue weighted by Crippen LogP contribution is -2.03. The predicted molar refractivity (Wildman–Crippen MR) is 68.7 cm³/mol. The standard InChI is InChI=1S/C14H21Cl/c1-3-4-5-9-14(15)11-13-8-6-7-12(2)10-13/h6-8,10,14H,3-5,9,11H2,1-2H3. The molecule has 0 nitrogen and oxygen atoms in total. The lowest BCUT2D eigenvalue weighted by Gasteiger charge is -2.09. The van der Waals surface area contributed by atoms with Crippen molar-refractivity contribution in [3.63, 3.8) is 0 Å². The van der Waals surface area contributed by atoms with Crippen LogP contribution in [0.2, 0.25) is 0 Å². The number of rotatable bonds is 6. The average Bonchev–Trinajstić information content (AvgIpc) is 2.18. The molecule has 0 amide bonds. The summed E-state index contributed by atoms with van der Waals surface area (Å²) in [4.78, 5) is 0. The van der Waals surface area contributed by atoms with Gasteiger partial charge in [-0.05, 0) is 25.3 Å². The number of halogens is 1. The van der Waals surface area contributed by atoms with Crippen molar-refractivity contribution in [3.8, 4) is 0 Å². The van der Waals surface area contributed by atoms with Crippen LogP contribution in [0.15, 0.2) is 24.3 Å². The van der Waals surface area contributed by atoms with Gasteiger partial charge in [0.2, 0.25) is 0 Å². The Kier molecular flexibility index (Phi) is 5.78. The van der Waals surface area contributed by atoms with E-state index < -0.39 is 0 Å². The number of benzene rings is 1. The summed E-state index contributed by atoms with van der Waals surface area (Å²) in [6.45, 7) is 4.35. The van der Waals surface area contributed by atoms with E-state index in [1.54, 1.807) is 0 Å². The Morgan fingerprint density at radius 3 is 2.73 bits per heavy atom. The van der Waals surface area contributed by atoms with Crippen LogP contribution in [-0.2, 0) is 6.42 Å². The summed E-state index contributed by atoms with van der Waals surface area (Å²) in [7, 11) is 0. The number of unbranched alkanes of at least 4 members (excludes halogenated alkanes) is 2. The molecular weight excluding hydrogens is 204 g/mol. The van der Waals surface area contributed by atoms with Gasteiger partial charge in [-0.15, -0.1) is 11.6 Å². The Balaban J connectivity index is 2.34. The fraction of sp³-hybridized carbons (Fsp3) is 0.571. The van der Waals surface area contributed by atoms with Crippen LogP contribution in [0.4, 0.5) is 0 Å². The van der Waals surface area contributed by atoms with Crippen molar-refractivity contribution < 1.29 is 0 Å². The van der Waals surface area contributed by atoms with E-state index in [4.69, 9.17) is 11.6 Å². The molecule has 0 saturated heterocycles. The molecule has 0 bridgehead atoms. The molecule has 1 unspecified atom stereocenters. The Morgan fingerprint density at radius 2 is 2.07 bits per heavy atom. The van der Waals surface area contributed by atoms with E-state index in [2.05, 4.69) is 38.1 Å². The Bertz CT molecular complexity index is 280. The summed E-state index contributed by atoms with van der Waals surface area (Å²) < 4.78 is 0. The van der Waals surface area contributed by atoms with E-state index in [1.807, 2.05) is 0 Å². The highest BCUT2D eigenvalue weighted by Crippen LogP contribution is 2.15. The van der Waals surface area contributed by atoms with E-state index in [0.717, 1.165) is 12.8 Å². The summed E-state index contributed by atoms with van der Waals surface area (Å²) in [5, 5.41) is 0.304. The molecule has 0 N–H and O–H groups in total. The number of hydrogen-bond donors (Lipinski definition) is 0. The van der Waals surface area contributed by atoms with E-state index >= 15 is 0 Å². The van der Waals surface area contributed by atoms with Gasteiger partial charge in [0.05, 0.1) is 0 Å². The maximum Gasteiger partial charge on any atom is 0.0376 e. The maximum atomic E-state index is 6.30. The molecule has 0 aliphatic rings. The molecule has 0 aliphatic heterocycles. The predicted octanol–water partition coefficient (Wildman–Crippen LogP) is 4.73. The molecule has 1 heteroatoms. The molecule has 1 atom stereocenters. The topological polar surface area (TPSA) is 0 Å². The summed E-state index contributed by atoms with van der Waals surface area (Å²) in [5.74, 6) is 0. The van der Waals surface area contributed by atoms with Crippen molar-refractivity contribution in [1.29, 1.82) is 0 Å². The zero-order valence-corrected chi connectivity index (χ0v) is 10.6. The summed E-state index contributed by atoms with van der Waals surface area (Å²) in [6.07, 6.45) is 5.98. The first-order valence-electron chi connectivity index (χ1n) is 5.92. The van der Waals surface area contributed by atoms with Crippen molar-refractivity contribution >= 4 is 11.6 Å². The molecule has 0 aliphatic carbocycles. The number of hydrogen-bond acceptors (Lipinski definition) is 0. The van der Waals surface area contributed by atoms with Gasteiger partial charge in [-0.25, -0.2) is 0 Å². The van der Waals surface area contributed by atoms with Gasteiger partial charge < -0.3 is 0 Å². The summed E-state index contributed by atoms with van der Waals surface area (Å²) >= 11 is 6.30. The zero-order valence-electron chi connectivity index (χ0n) is 9.80. The molecule has 15 heavy (non-hydrogen) atoms. The third-order valence-corrected chi connectivity index (χ3v) is 3.03. The minimum atomic E-state index is 0.304. The number of alkyl halides is 1. The molecule has 1 rings (SSSR count). The van der Waals surface area contributed by atoms with Crippen LogP contribution in [-0.4, -0.2) is 5.38 Å². The molecule has 0 radical (unpaired) electrons. The maximum absolute atomic E-state index is 6.30. The van der Waals surface area contributed by atoms with Gasteiger partial charge in [0, 0.05) is 5.38 Å². The van der Waals surface area contributed by atoms with Crippen molar-refractivity contribution in [2.45, 2.75) is 51.3 Å². The van der Waals surface area contributed by atoms with E-state index in [-0.39, 0.29) is 0 Å². The minimum absolute atomic E-state index is 0.304. The van der Waals surface area contributed by atoms with E-state index in [0.29, 0.717) is 5.38 Å². The first-order valence-corrected chi connectivity index (χ1v) is 6.35. The monoisotopic (exact) mass is 224 g/mol. The highest BCUT2D eigenvalue weighted by atomic mass is 35.5. The lowest BCUT2D eigenvalue weighted by molar-refractivity contribution is 0.638. The van der Waals surface area contributed by atoms with Gasteiger partial charge in [-0.2, -0.15) is 0 Å². The third kappa shape index (κ3) is 5.22. The molecule has 1 aromatic carbocycles. The van der Waals surface area contributed by atoms with Crippen LogP contribution < -0.4 is 0 Å². The summed E-state index contributed by atoms with van der Waals surface area (Å²) in [5.41, 5.74) is 2.69. The average molecular weight is 225 g/mol. The SMILES string of the molecule is CCCCCC(Cl)Cc1cccc(C)c1. The molecule has 0 aromatic heterocycles. The smallest absolute Gasteiger partial charge is 0.0376 e. The van der Waals surface area contributed by atoms with E-state index in [9.17, 15) is 0 Å². The van der Waals surface area contributed by atoms with Gasteiger partial charge in [0.1, 0.15) is 0 Å². The molecule has 84 valence electrons. The van der Waals surface area contributed by atoms with Crippen molar-refractivity contribution in [2.75, 3.05) is 0 Å². The molecule has 0 saturated carbocycles. The Hall–Kier alpha value is -0.490. The van der Waals surface area contributed by atoms with Crippen molar-refractivity contribution in [3.05, 3.63) is 35.4 Å². The molecule has 0 spiro atoms. The second-order valence-electron chi connectivity index (χ2n) is 4.29. The molecule has 0 fully saturated rings.